The van der Waals surface area contributed by atoms with E-state index >= 15 is 0 Å². The maximum absolute atomic E-state index is 12.1. The number of nitrogens with one attached hydrogen (secondary N) is 2. The minimum absolute atomic E-state index is 0.272. The Morgan fingerprint density at radius 1 is 1.11 bits per heavy atom. The molecule has 0 fully saturated rings. The molecule has 2 rings (SSSR count). The number of aromatic amines is 1. The van der Waals surface area contributed by atoms with Crippen molar-refractivity contribution in [3.05, 3.63) is 63.1 Å². The van der Waals surface area contributed by atoms with Crippen LogP contribution in [0.15, 0.2) is 35.1 Å². The van der Waals surface area contributed by atoms with Gasteiger partial charge in [0.2, 0.25) is 5.56 Å². The highest BCUT2D eigenvalue weighted by atomic mass is 16.2. The Morgan fingerprint density at radius 3 is 2.47 bits per heavy atom. The molecule has 0 spiro atoms. The van der Waals surface area contributed by atoms with Crippen molar-refractivity contribution >= 4 is 11.6 Å². The van der Waals surface area contributed by atoms with E-state index in [2.05, 4.69) is 10.3 Å². The minimum atomic E-state index is -0.277. The van der Waals surface area contributed by atoms with Crippen molar-refractivity contribution in [3.8, 4) is 0 Å². The summed E-state index contributed by atoms with van der Waals surface area (Å²) < 4.78 is 0. The number of hydrogen-bond acceptors (Lipinski definition) is 2. The van der Waals surface area contributed by atoms with Gasteiger partial charge in [0.1, 0.15) is 0 Å². The summed E-state index contributed by atoms with van der Waals surface area (Å²) in [5.74, 6) is -0.277. The van der Waals surface area contributed by atoms with Crippen LogP contribution < -0.4 is 10.9 Å². The zero-order chi connectivity index (χ0) is 14.0. The predicted molar refractivity (Wildman–Crippen MR) is 75.7 cm³/mol. The van der Waals surface area contributed by atoms with Gasteiger partial charge < -0.3 is 10.3 Å². The molecule has 19 heavy (non-hydrogen) atoms. The largest absolute Gasteiger partial charge is 0.326 e. The molecule has 1 aromatic carbocycles. The second kappa shape index (κ2) is 5.10. The molecule has 4 heteroatoms. The Hall–Kier alpha value is -2.36. The number of H-pyrrole nitrogens is 1. The number of hydrogen-bond donors (Lipinski definition) is 2. The molecule has 0 saturated carbocycles. The van der Waals surface area contributed by atoms with Gasteiger partial charge in [-0.2, -0.15) is 0 Å². The summed E-state index contributed by atoms with van der Waals surface area (Å²) in [5.41, 5.74) is 3.65. The van der Waals surface area contributed by atoms with Gasteiger partial charge >= 0.3 is 0 Å². The molecule has 1 aromatic heterocycles. The summed E-state index contributed by atoms with van der Waals surface area (Å²) >= 11 is 0. The summed E-state index contributed by atoms with van der Waals surface area (Å²) in [4.78, 5) is 26.0. The number of benzene rings is 1. The smallest absolute Gasteiger partial charge is 0.255 e. The van der Waals surface area contributed by atoms with Crippen molar-refractivity contribution in [1.82, 2.24) is 4.98 Å². The van der Waals surface area contributed by atoms with Gasteiger partial charge in [0.05, 0.1) is 0 Å². The van der Waals surface area contributed by atoms with Gasteiger partial charge in [-0.15, -0.1) is 0 Å². The SMILES string of the molecule is Cc1ccc(NC(=O)c2cc(C)[nH]c(=O)c2)c(C)c1. The number of rotatable bonds is 2. The summed E-state index contributed by atoms with van der Waals surface area (Å²) in [6, 6.07) is 8.75. The Balaban J connectivity index is 2.28. The molecule has 0 aliphatic rings. The molecule has 2 N–H and O–H groups in total. The minimum Gasteiger partial charge on any atom is -0.326 e. The highest BCUT2D eigenvalue weighted by molar-refractivity contribution is 6.04. The van der Waals surface area contributed by atoms with Crippen LogP contribution in [-0.2, 0) is 0 Å². The number of carbonyl (C=O) groups is 1. The molecule has 0 atom stereocenters. The summed E-state index contributed by atoms with van der Waals surface area (Å²) in [7, 11) is 0. The van der Waals surface area contributed by atoms with E-state index in [1.54, 1.807) is 13.0 Å². The first-order chi connectivity index (χ1) is 8.95. The van der Waals surface area contributed by atoms with Crippen molar-refractivity contribution in [1.29, 1.82) is 0 Å². The number of amides is 1. The van der Waals surface area contributed by atoms with Crippen LogP contribution in [0.2, 0.25) is 0 Å². The molecule has 1 amide bonds. The third-order valence-electron chi connectivity index (χ3n) is 2.87. The Labute approximate surface area is 111 Å². The van der Waals surface area contributed by atoms with E-state index in [0.29, 0.717) is 11.3 Å². The van der Waals surface area contributed by atoms with E-state index in [1.165, 1.54) is 6.07 Å². The first-order valence-electron chi connectivity index (χ1n) is 6.05. The van der Waals surface area contributed by atoms with Gasteiger partial charge in [-0.1, -0.05) is 17.7 Å². The van der Waals surface area contributed by atoms with Crippen LogP contribution in [0.25, 0.3) is 0 Å². The Kier molecular flexibility index (Phi) is 3.51. The Morgan fingerprint density at radius 2 is 1.84 bits per heavy atom. The first kappa shape index (κ1) is 13.1. The molecule has 0 unspecified atom stereocenters. The quantitative estimate of drug-likeness (QED) is 0.867. The van der Waals surface area contributed by atoms with Gasteiger partial charge in [0.15, 0.2) is 0 Å². The van der Waals surface area contributed by atoms with Gasteiger partial charge in [0.25, 0.3) is 5.91 Å². The maximum atomic E-state index is 12.1. The lowest BCUT2D eigenvalue weighted by Crippen LogP contribution is -2.17. The zero-order valence-corrected chi connectivity index (χ0v) is 11.2. The maximum Gasteiger partial charge on any atom is 0.255 e. The van der Waals surface area contributed by atoms with Crippen molar-refractivity contribution in [2.75, 3.05) is 5.32 Å². The van der Waals surface area contributed by atoms with Gasteiger partial charge in [-0.05, 0) is 38.5 Å². The standard InChI is InChI=1S/C15H16N2O2/c1-9-4-5-13(10(2)6-9)17-15(19)12-7-11(3)16-14(18)8-12/h4-8H,1-3H3,(H,16,18)(H,17,19). The summed E-state index contributed by atoms with van der Waals surface area (Å²) in [6.07, 6.45) is 0. The monoisotopic (exact) mass is 256 g/mol. The zero-order valence-electron chi connectivity index (χ0n) is 11.2. The van der Waals surface area contributed by atoms with E-state index in [9.17, 15) is 9.59 Å². The molecular formula is C15H16N2O2. The summed E-state index contributed by atoms with van der Waals surface area (Å²) in [6.45, 7) is 5.68. The molecule has 98 valence electrons. The van der Waals surface area contributed by atoms with Crippen molar-refractivity contribution in [3.63, 3.8) is 0 Å². The van der Waals surface area contributed by atoms with Crippen LogP contribution in [-0.4, -0.2) is 10.9 Å². The molecule has 4 nitrogen and oxygen atoms in total. The van der Waals surface area contributed by atoms with Crippen LogP contribution in [0, 0.1) is 20.8 Å². The second-order valence-electron chi connectivity index (χ2n) is 4.69. The number of carbonyl (C=O) groups excluding carboxylic acids is 1. The molecule has 0 bridgehead atoms. The van der Waals surface area contributed by atoms with Crippen molar-refractivity contribution in [2.45, 2.75) is 20.8 Å². The molecular weight excluding hydrogens is 240 g/mol. The summed E-state index contributed by atoms with van der Waals surface area (Å²) in [5, 5.41) is 2.82. The van der Waals surface area contributed by atoms with E-state index in [1.807, 2.05) is 32.0 Å². The van der Waals surface area contributed by atoms with E-state index < -0.39 is 0 Å². The molecule has 2 aromatic rings. The molecule has 0 saturated heterocycles. The van der Waals surface area contributed by atoms with E-state index in [-0.39, 0.29) is 11.5 Å². The predicted octanol–water partition coefficient (Wildman–Crippen LogP) is 2.55. The fourth-order valence-corrected chi connectivity index (χ4v) is 1.96. The number of anilines is 1. The lowest BCUT2D eigenvalue weighted by atomic mass is 10.1. The van der Waals surface area contributed by atoms with Gasteiger partial charge in [-0.25, -0.2) is 0 Å². The fourth-order valence-electron chi connectivity index (χ4n) is 1.96. The van der Waals surface area contributed by atoms with Crippen molar-refractivity contribution in [2.24, 2.45) is 0 Å². The lowest BCUT2D eigenvalue weighted by molar-refractivity contribution is 0.102. The van der Waals surface area contributed by atoms with Crippen LogP contribution >= 0.6 is 0 Å². The van der Waals surface area contributed by atoms with Crippen LogP contribution in [0.3, 0.4) is 0 Å². The molecule has 1 heterocycles. The number of aryl methyl sites for hydroxylation is 3. The third-order valence-corrected chi connectivity index (χ3v) is 2.87. The van der Waals surface area contributed by atoms with Gasteiger partial charge in [0, 0.05) is 23.0 Å². The highest BCUT2D eigenvalue weighted by Gasteiger charge is 2.09. The second-order valence-corrected chi connectivity index (χ2v) is 4.69. The number of aromatic nitrogens is 1. The molecule has 0 aliphatic carbocycles. The fraction of sp³-hybridized carbons (Fsp3) is 0.200. The molecule has 0 aliphatic heterocycles. The van der Waals surface area contributed by atoms with E-state index in [0.717, 1.165) is 16.8 Å². The molecule has 0 radical (unpaired) electrons. The van der Waals surface area contributed by atoms with Gasteiger partial charge in [-0.3, -0.25) is 9.59 Å². The third kappa shape index (κ3) is 3.10. The van der Waals surface area contributed by atoms with Crippen molar-refractivity contribution < 1.29 is 4.79 Å². The normalized spacial score (nSPS) is 10.3. The lowest BCUT2D eigenvalue weighted by Gasteiger charge is -2.09. The average Bonchev–Trinajstić information content (AvgIpc) is 2.31. The topological polar surface area (TPSA) is 62.0 Å². The number of pyridine rings is 1. The average molecular weight is 256 g/mol. The van der Waals surface area contributed by atoms with Crippen LogP contribution in [0.5, 0.6) is 0 Å². The highest BCUT2D eigenvalue weighted by Crippen LogP contribution is 2.16. The Bertz CT molecular complexity index is 687. The van der Waals surface area contributed by atoms with Crippen LogP contribution in [0.4, 0.5) is 5.69 Å². The van der Waals surface area contributed by atoms with Crippen LogP contribution in [0.1, 0.15) is 27.2 Å². The first-order valence-corrected chi connectivity index (χ1v) is 6.05. The van der Waals surface area contributed by atoms with E-state index in [4.69, 9.17) is 0 Å².